The number of anilines is 2. The van der Waals surface area contributed by atoms with Crippen LogP contribution in [0.4, 0.5) is 20.3 Å². The second-order valence-electron chi connectivity index (χ2n) is 5.54. The maximum absolute atomic E-state index is 13.6. The van der Waals surface area contributed by atoms with Crippen molar-refractivity contribution in [3.05, 3.63) is 53.7 Å². The van der Waals surface area contributed by atoms with E-state index < -0.39 is 11.6 Å². The average molecular weight is 475 g/mol. The normalized spacial score (nSPS) is 14.7. The van der Waals surface area contributed by atoms with Crippen LogP contribution in [0.15, 0.2) is 41.5 Å². The van der Waals surface area contributed by atoms with Gasteiger partial charge in [-0.15, -0.1) is 24.0 Å². The molecule has 0 radical (unpaired) electrons. The molecule has 0 bridgehead atoms. The molecule has 2 heterocycles. The van der Waals surface area contributed by atoms with E-state index in [9.17, 15) is 8.78 Å². The Morgan fingerprint density at radius 1 is 1.27 bits per heavy atom. The summed E-state index contributed by atoms with van der Waals surface area (Å²) in [6.45, 7) is 3.10. The van der Waals surface area contributed by atoms with Crippen molar-refractivity contribution >= 4 is 41.4 Å². The number of aliphatic imine (C=N–C) groups is 1. The van der Waals surface area contributed by atoms with Gasteiger partial charge in [-0.05, 0) is 18.2 Å². The molecule has 6 nitrogen and oxygen atoms in total. The fourth-order valence-electron chi connectivity index (χ4n) is 2.55. The van der Waals surface area contributed by atoms with E-state index in [4.69, 9.17) is 10.5 Å². The molecule has 0 amide bonds. The van der Waals surface area contributed by atoms with Gasteiger partial charge >= 0.3 is 0 Å². The Bertz CT molecular complexity index is 769. The Morgan fingerprint density at radius 3 is 2.81 bits per heavy atom. The lowest BCUT2D eigenvalue weighted by Gasteiger charge is -2.29. The summed E-state index contributed by atoms with van der Waals surface area (Å²) in [4.78, 5) is 10.8. The lowest BCUT2D eigenvalue weighted by molar-refractivity contribution is 0.122. The zero-order valence-electron chi connectivity index (χ0n) is 14.0. The molecule has 2 aromatic rings. The van der Waals surface area contributed by atoms with Gasteiger partial charge in [0.2, 0.25) is 0 Å². The van der Waals surface area contributed by atoms with Gasteiger partial charge in [-0.2, -0.15) is 0 Å². The number of halogens is 3. The third-order valence-corrected chi connectivity index (χ3v) is 3.79. The predicted molar refractivity (Wildman–Crippen MR) is 108 cm³/mol. The third kappa shape index (κ3) is 5.24. The topological polar surface area (TPSA) is 75.8 Å². The number of nitrogens with one attached hydrogen (secondary N) is 1. The van der Waals surface area contributed by atoms with Crippen LogP contribution in [0.3, 0.4) is 0 Å². The summed E-state index contributed by atoms with van der Waals surface area (Å²) >= 11 is 0. The Balaban J connectivity index is 0.00000243. The number of rotatable bonds is 4. The van der Waals surface area contributed by atoms with E-state index >= 15 is 0 Å². The highest BCUT2D eigenvalue weighted by Crippen LogP contribution is 2.19. The summed E-state index contributed by atoms with van der Waals surface area (Å²) in [6, 6.07) is 6.84. The van der Waals surface area contributed by atoms with Crippen molar-refractivity contribution in [2.24, 2.45) is 10.7 Å². The molecule has 3 rings (SSSR count). The van der Waals surface area contributed by atoms with E-state index in [-0.39, 0.29) is 42.2 Å². The molecule has 0 atom stereocenters. The van der Waals surface area contributed by atoms with Gasteiger partial charge in [0.05, 0.1) is 25.4 Å². The highest BCUT2D eigenvalue weighted by atomic mass is 127. The fourth-order valence-corrected chi connectivity index (χ4v) is 2.55. The van der Waals surface area contributed by atoms with Crippen molar-refractivity contribution in [1.29, 1.82) is 0 Å². The van der Waals surface area contributed by atoms with Gasteiger partial charge in [-0.1, -0.05) is 6.07 Å². The van der Waals surface area contributed by atoms with Crippen LogP contribution in [0.25, 0.3) is 0 Å². The number of morpholine rings is 1. The molecule has 0 spiro atoms. The van der Waals surface area contributed by atoms with Crippen LogP contribution in [0.5, 0.6) is 0 Å². The smallest absolute Gasteiger partial charge is 0.193 e. The quantitative estimate of drug-likeness (QED) is 0.404. The van der Waals surface area contributed by atoms with Crippen LogP contribution >= 0.6 is 24.0 Å². The Hall–Kier alpha value is -2.01. The Labute approximate surface area is 167 Å². The molecule has 1 aliphatic heterocycles. The van der Waals surface area contributed by atoms with Gasteiger partial charge in [0.1, 0.15) is 17.5 Å². The molecule has 3 N–H and O–H groups in total. The molecule has 1 aliphatic rings. The van der Waals surface area contributed by atoms with Gasteiger partial charge < -0.3 is 20.7 Å². The number of nitrogens with two attached hydrogens (primary N) is 1. The van der Waals surface area contributed by atoms with Crippen molar-refractivity contribution in [2.75, 3.05) is 36.5 Å². The summed E-state index contributed by atoms with van der Waals surface area (Å²) in [6.07, 6.45) is 1.72. The Morgan fingerprint density at radius 2 is 2.04 bits per heavy atom. The molecule has 1 fully saturated rings. The van der Waals surface area contributed by atoms with Crippen LogP contribution in [0.1, 0.15) is 5.56 Å². The van der Waals surface area contributed by atoms with E-state index in [0.717, 1.165) is 42.7 Å². The standard InChI is InChI=1S/C17H19F2N5O.HI/c18-13-3-4-14(19)15(10-13)23-17(20)22-11-12-2-1-5-21-16(12)24-6-8-25-9-7-24;/h1-5,10H,6-9,11H2,(H3,20,22,23);1H. The number of nitrogens with zero attached hydrogens (tertiary/aromatic N) is 3. The zero-order valence-corrected chi connectivity index (χ0v) is 16.3. The van der Waals surface area contributed by atoms with Crippen LogP contribution in [-0.2, 0) is 11.3 Å². The summed E-state index contributed by atoms with van der Waals surface area (Å²) < 4.78 is 32.2. The largest absolute Gasteiger partial charge is 0.378 e. The molecule has 1 aromatic carbocycles. The monoisotopic (exact) mass is 475 g/mol. The van der Waals surface area contributed by atoms with Crippen molar-refractivity contribution in [3.63, 3.8) is 0 Å². The molecule has 1 aromatic heterocycles. The van der Waals surface area contributed by atoms with Gasteiger partial charge in [-0.25, -0.2) is 18.8 Å². The summed E-state index contributed by atoms with van der Waals surface area (Å²) in [7, 11) is 0. The highest BCUT2D eigenvalue weighted by molar-refractivity contribution is 14.0. The van der Waals surface area contributed by atoms with E-state index in [1.165, 1.54) is 0 Å². The number of guanidine groups is 1. The second-order valence-corrected chi connectivity index (χ2v) is 5.54. The Kier molecular flexibility index (Phi) is 7.51. The van der Waals surface area contributed by atoms with Crippen molar-refractivity contribution in [2.45, 2.75) is 6.54 Å². The molecular weight excluding hydrogens is 455 g/mol. The first-order valence-corrected chi connectivity index (χ1v) is 7.92. The number of benzene rings is 1. The van der Waals surface area contributed by atoms with Crippen LogP contribution in [-0.4, -0.2) is 37.2 Å². The lowest BCUT2D eigenvalue weighted by atomic mass is 10.2. The second kappa shape index (κ2) is 9.62. The molecule has 0 aliphatic carbocycles. The average Bonchev–Trinajstić information content (AvgIpc) is 2.64. The van der Waals surface area contributed by atoms with Crippen molar-refractivity contribution < 1.29 is 13.5 Å². The maximum atomic E-state index is 13.6. The minimum atomic E-state index is -0.602. The summed E-state index contributed by atoms with van der Waals surface area (Å²) in [5.41, 5.74) is 6.64. The number of hydrogen-bond acceptors (Lipinski definition) is 4. The number of hydrogen-bond donors (Lipinski definition) is 2. The van der Waals surface area contributed by atoms with Crippen LogP contribution in [0.2, 0.25) is 0 Å². The van der Waals surface area contributed by atoms with Crippen LogP contribution in [0, 0.1) is 11.6 Å². The highest BCUT2D eigenvalue weighted by Gasteiger charge is 2.15. The molecule has 140 valence electrons. The van der Waals surface area contributed by atoms with Gasteiger partial charge in [0.15, 0.2) is 5.96 Å². The SMILES string of the molecule is I.NC(=NCc1cccnc1N1CCOCC1)Nc1cc(F)ccc1F. The van der Waals surface area contributed by atoms with Crippen molar-refractivity contribution in [3.8, 4) is 0 Å². The first kappa shape index (κ1) is 20.3. The first-order valence-electron chi connectivity index (χ1n) is 7.92. The first-order chi connectivity index (χ1) is 12.1. The fraction of sp³-hybridized carbons (Fsp3) is 0.294. The van der Waals surface area contributed by atoms with Gasteiger partial charge in [-0.3, -0.25) is 0 Å². The molecule has 1 saturated heterocycles. The summed E-state index contributed by atoms with van der Waals surface area (Å²) in [5, 5.41) is 2.58. The van der Waals surface area contributed by atoms with Crippen LogP contribution < -0.4 is 16.0 Å². The molecule has 9 heteroatoms. The zero-order chi connectivity index (χ0) is 17.6. The minimum Gasteiger partial charge on any atom is -0.378 e. The van der Waals surface area contributed by atoms with E-state index in [1.54, 1.807) is 6.20 Å². The molecule has 0 unspecified atom stereocenters. The minimum absolute atomic E-state index is 0. The van der Waals surface area contributed by atoms with Gasteiger partial charge in [0.25, 0.3) is 0 Å². The molecular formula is C17H20F2IN5O. The number of ether oxygens (including phenoxy) is 1. The lowest BCUT2D eigenvalue weighted by Crippen LogP contribution is -2.37. The van der Waals surface area contributed by atoms with Crippen molar-refractivity contribution in [1.82, 2.24) is 4.98 Å². The van der Waals surface area contributed by atoms with E-state index in [0.29, 0.717) is 13.2 Å². The predicted octanol–water partition coefficient (Wildman–Crippen LogP) is 2.74. The molecule has 0 saturated carbocycles. The van der Waals surface area contributed by atoms with E-state index in [1.807, 2.05) is 12.1 Å². The summed E-state index contributed by atoms with van der Waals surface area (Å²) in [5.74, 6) is -0.325. The maximum Gasteiger partial charge on any atom is 0.193 e. The van der Waals surface area contributed by atoms with Gasteiger partial charge in [0, 0.05) is 30.9 Å². The molecule has 26 heavy (non-hydrogen) atoms. The number of pyridine rings is 1. The third-order valence-electron chi connectivity index (χ3n) is 3.79. The number of aromatic nitrogens is 1. The van der Waals surface area contributed by atoms with E-state index in [2.05, 4.69) is 20.2 Å².